The third kappa shape index (κ3) is 5.01. The highest BCUT2D eigenvalue weighted by Crippen LogP contribution is 2.65. The molecule has 2 aliphatic carbocycles. The Bertz CT molecular complexity index is 1450. The van der Waals surface area contributed by atoms with E-state index >= 15 is 0 Å². The van der Waals surface area contributed by atoms with Crippen LogP contribution in [0.4, 0.5) is 0 Å². The van der Waals surface area contributed by atoms with Gasteiger partial charge in [0.2, 0.25) is 5.91 Å². The van der Waals surface area contributed by atoms with Crippen molar-refractivity contribution in [3.8, 4) is 17.2 Å². The van der Waals surface area contributed by atoms with Gasteiger partial charge in [0.1, 0.15) is 11.9 Å². The quantitative estimate of drug-likeness (QED) is 0.118. The van der Waals surface area contributed by atoms with Crippen LogP contribution in [0.1, 0.15) is 87.2 Å². The molecule has 0 unspecified atom stereocenters. The Balaban J connectivity index is 1.28. The fourth-order valence-corrected chi connectivity index (χ4v) is 8.87. The summed E-state index contributed by atoms with van der Waals surface area (Å²) in [4.78, 5) is 43.1. The average molecular weight is 601 g/mol. The van der Waals surface area contributed by atoms with Gasteiger partial charge in [-0.15, -0.1) is 6.58 Å². The minimum Gasteiger partial charge on any atom is -0.508 e. The van der Waals surface area contributed by atoms with Gasteiger partial charge in [-0.3, -0.25) is 19.3 Å². The van der Waals surface area contributed by atoms with Crippen LogP contribution in [0.5, 0.6) is 17.2 Å². The number of phenolic OH excluding ortho intramolecular Hbond substituents is 1. The van der Waals surface area contributed by atoms with Crippen molar-refractivity contribution in [1.82, 2.24) is 9.80 Å². The molecular formula is C36H44N2O6. The lowest BCUT2D eigenvalue weighted by Gasteiger charge is -2.60. The molecule has 8 heteroatoms. The second-order valence-electron chi connectivity index (χ2n) is 13.2. The molecule has 0 radical (unpaired) electrons. The summed E-state index contributed by atoms with van der Waals surface area (Å²) in [5.74, 6) is 0.942. The number of Topliss-reactive ketones (excluding diaryl/α,β-unsaturated/α-hetero) is 1. The number of phenols is 1. The number of carbonyl (C=O) groups is 3. The zero-order chi connectivity index (χ0) is 31.2. The van der Waals surface area contributed by atoms with Crippen molar-refractivity contribution in [2.75, 3.05) is 13.1 Å². The zero-order valence-electron chi connectivity index (χ0n) is 26.1. The highest BCUT2D eigenvalue weighted by molar-refractivity contribution is 5.96. The van der Waals surface area contributed by atoms with Crippen molar-refractivity contribution in [2.24, 2.45) is 5.92 Å². The number of ether oxygens (including phenoxy) is 2. The molecule has 5 atom stereocenters. The first-order valence-corrected chi connectivity index (χ1v) is 16.2. The van der Waals surface area contributed by atoms with Crippen LogP contribution in [0.15, 0.2) is 49.1 Å². The first-order chi connectivity index (χ1) is 21.2. The monoisotopic (exact) mass is 600 g/mol. The van der Waals surface area contributed by atoms with E-state index in [1.807, 2.05) is 41.3 Å². The molecule has 2 heterocycles. The van der Waals surface area contributed by atoms with Gasteiger partial charge in [0.25, 0.3) is 0 Å². The summed E-state index contributed by atoms with van der Waals surface area (Å²) in [6.07, 6.45) is 6.98. The van der Waals surface area contributed by atoms with Crippen LogP contribution in [0.2, 0.25) is 0 Å². The Morgan fingerprint density at radius 3 is 2.64 bits per heavy atom. The number of likely N-dealkylation sites (tertiary alicyclic amines) is 1. The van der Waals surface area contributed by atoms with E-state index in [4.69, 9.17) is 9.47 Å². The minimum absolute atomic E-state index is 0.0419. The van der Waals surface area contributed by atoms with Gasteiger partial charge in [0.05, 0.1) is 6.04 Å². The second-order valence-corrected chi connectivity index (χ2v) is 13.2. The molecule has 4 aliphatic rings. The molecule has 1 amide bonds. The van der Waals surface area contributed by atoms with E-state index in [-0.39, 0.29) is 53.3 Å². The first kappa shape index (κ1) is 30.4. The van der Waals surface area contributed by atoms with Gasteiger partial charge >= 0.3 is 5.97 Å². The molecule has 1 spiro atoms. The molecular weight excluding hydrogens is 556 g/mol. The number of nitrogens with zero attached hydrogens (tertiary/aromatic N) is 2. The maximum Gasteiger partial charge on any atom is 0.308 e. The predicted molar refractivity (Wildman–Crippen MR) is 167 cm³/mol. The van der Waals surface area contributed by atoms with E-state index in [2.05, 4.69) is 25.3 Å². The van der Waals surface area contributed by atoms with E-state index in [9.17, 15) is 19.5 Å². The number of unbranched alkanes of at least 4 members (excludes halogenated alkanes) is 1. The highest BCUT2D eigenvalue weighted by Gasteiger charge is 2.67. The molecule has 6 rings (SSSR count). The van der Waals surface area contributed by atoms with Gasteiger partial charge in [0, 0.05) is 66.6 Å². The fourth-order valence-electron chi connectivity index (χ4n) is 8.87. The van der Waals surface area contributed by atoms with E-state index < -0.39 is 11.4 Å². The van der Waals surface area contributed by atoms with E-state index in [1.54, 1.807) is 0 Å². The Morgan fingerprint density at radius 2 is 1.93 bits per heavy atom. The summed E-state index contributed by atoms with van der Waals surface area (Å²) in [5, 5.41) is 11.3. The number of esters is 1. The Kier molecular flexibility index (Phi) is 8.31. The third-order valence-corrected chi connectivity index (χ3v) is 10.5. The number of carbonyl (C=O) groups excluding carboxylic acids is 3. The summed E-state index contributed by atoms with van der Waals surface area (Å²) >= 11 is 0. The lowest BCUT2D eigenvalue weighted by Crippen LogP contribution is -2.69. The van der Waals surface area contributed by atoms with Crippen LogP contribution in [0.3, 0.4) is 0 Å². The number of amides is 1. The van der Waals surface area contributed by atoms with E-state index in [1.165, 1.54) is 13.0 Å². The minimum atomic E-state index is -0.469. The van der Waals surface area contributed by atoms with Crippen molar-refractivity contribution in [3.63, 3.8) is 0 Å². The molecule has 1 saturated carbocycles. The van der Waals surface area contributed by atoms with Gasteiger partial charge < -0.3 is 19.5 Å². The number of aromatic hydroxyl groups is 1. The summed E-state index contributed by atoms with van der Waals surface area (Å²) in [6, 6.07) is 10.8. The van der Waals surface area contributed by atoms with Crippen LogP contribution < -0.4 is 9.47 Å². The van der Waals surface area contributed by atoms with E-state index in [0.29, 0.717) is 43.4 Å². The zero-order valence-corrected chi connectivity index (χ0v) is 26.1. The average Bonchev–Trinajstić information content (AvgIpc) is 3.34. The number of hydrogen-bond acceptors (Lipinski definition) is 7. The maximum atomic E-state index is 14.0. The van der Waals surface area contributed by atoms with Crippen LogP contribution in [0, 0.1) is 5.92 Å². The standard InChI is InChI=1S/C36H44N2O6/c1-5-18-37-19-17-36-26-15-16-27(38(22(2)3)32(42)14-10-9-13-29(40)24-11-7-6-8-12-24)35(36)44-34-31(43-23(4)39)21-30(41)25(33(34)36)20-28(26)37/h5-8,11-12,21-22,26-28,35,41H,1,9-10,13-20H2,2-4H3/t26-,27-,28+,35-,36-/m0/s1. The molecule has 2 aromatic carbocycles. The predicted octanol–water partition coefficient (Wildman–Crippen LogP) is 5.59. The molecule has 0 aromatic heterocycles. The van der Waals surface area contributed by atoms with Gasteiger partial charge in [-0.2, -0.15) is 0 Å². The SMILES string of the molecule is C=CCN1CC[C@]23c4c5c(O)cc(OC(C)=O)c4O[C@H]2[C@@H](N(C(=O)CCCCC(=O)c2ccccc2)C(C)C)CC[C@H]3[C@H]1C5. The Morgan fingerprint density at radius 1 is 1.18 bits per heavy atom. The molecule has 2 aliphatic heterocycles. The number of piperidine rings is 1. The van der Waals surface area contributed by atoms with Crippen molar-refractivity contribution in [1.29, 1.82) is 0 Å². The van der Waals surface area contributed by atoms with Crippen LogP contribution in [-0.4, -0.2) is 69.9 Å². The summed E-state index contributed by atoms with van der Waals surface area (Å²) in [5.41, 5.74) is 2.18. The van der Waals surface area contributed by atoms with Crippen LogP contribution in [0.25, 0.3) is 0 Å². The first-order valence-electron chi connectivity index (χ1n) is 16.2. The number of benzene rings is 2. The molecule has 44 heavy (non-hydrogen) atoms. The smallest absolute Gasteiger partial charge is 0.308 e. The lowest BCUT2D eigenvalue weighted by atomic mass is 9.50. The molecule has 2 bridgehead atoms. The van der Waals surface area contributed by atoms with Crippen molar-refractivity contribution < 1.29 is 29.0 Å². The second kappa shape index (κ2) is 12.0. The van der Waals surface area contributed by atoms with Crippen molar-refractivity contribution in [2.45, 2.75) is 102 Å². The van der Waals surface area contributed by atoms with Crippen LogP contribution in [-0.2, 0) is 21.4 Å². The Hall–Kier alpha value is -3.65. The van der Waals surface area contributed by atoms with Crippen molar-refractivity contribution in [3.05, 3.63) is 65.7 Å². The van der Waals surface area contributed by atoms with Gasteiger partial charge in [0.15, 0.2) is 17.3 Å². The van der Waals surface area contributed by atoms with Gasteiger partial charge in [-0.1, -0.05) is 36.4 Å². The number of ketones is 1. The largest absolute Gasteiger partial charge is 0.508 e. The maximum absolute atomic E-state index is 14.0. The van der Waals surface area contributed by atoms with Crippen LogP contribution >= 0.6 is 0 Å². The fraction of sp³-hybridized carbons (Fsp3) is 0.528. The molecule has 1 saturated heterocycles. The normalized spacial score (nSPS) is 26.5. The number of rotatable bonds is 11. The summed E-state index contributed by atoms with van der Waals surface area (Å²) in [7, 11) is 0. The summed E-state index contributed by atoms with van der Waals surface area (Å²) in [6.45, 7) is 11.1. The molecule has 2 aromatic rings. The van der Waals surface area contributed by atoms with E-state index in [0.717, 1.165) is 43.5 Å². The lowest BCUT2D eigenvalue weighted by molar-refractivity contribution is -0.145. The van der Waals surface area contributed by atoms with Crippen molar-refractivity contribution >= 4 is 17.7 Å². The topological polar surface area (TPSA) is 96.4 Å². The number of hydrogen-bond donors (Lipinski definition) is 1. The Labute approximate surface area is 260 Å². The molecule has 1 N–H and O–H groups in total. The van der Waals surface area contributed by atoms with Gasteiger partial charge in [-0.05, 0) is 64.8 Å². The molecule has 234 valence electrons. The third-order valence-electron chi connectivity index (χ3n) is 10.5. The molecule has 8 nitrogen and oxygen atoms in total. The highest BCUT2D eigenvalue weighted by atomic mass is 16.6. The summed E-state index contributed by atoms with van der Waals surface area (Å²) < 4.78 is 12.5. The molecule has 2 fully saturated rings. The van der Waals surface area contributed by atoms with Gasteiger partial charge in [-0.25, -0.2) is 0 Å².